The van der Waals surface area contributed by atoms with Crippen LogP contribution in [-0.2, 0) is 9.59 Å². The zero-order valence-electron chi connectivity index (χ0n) is 4.59. The number of aldehydes is 1. The van der Waals surface area contributed by atoms with E-state index in [4.69, 9.17) is 12.2 Å². The molecule has 1 N–H and O–H groups in total. The summed E-state index contributed by atoms with van der Waals surface area (Å²) in [5, 5.41) is 2.41. The summed E-state index contributed by atoms with van der Waals surface area (Å²) in [6, 6.07) is -0.507. The van der Waals surface area contributed by atoms with Gasteiger partial charge in [-0.15, -0.1) is 0 Å². The summed E-state index contributed by atoms with van der Waals surface area (Å²) in [7, 11) is 0. The topological polar surface area (TPSA) is 46.2 Å². The minimum atomic E-state index is -0.507. The first-order valence-corrected chi connectivity index (χ1v) is 2.92. The average Bonchev–Trinajstić information content (AvgIpc) is 2.10. The van der Waals surface area contributed by atoms with Crippen LogP contribution in [0, 0.1) is 0 Å². The van der Waals surface area contributed by atoms with E-state index in [9.17, 15) is 9.59 Å². The lowest BCUT2D eigenvalue weighted by molar-refractivity contribution is -0.120. The summed E-state index contributed by atoms with van der Waals surface area (Å²) in [5.74, 6) is -0.155. The van der Waals surface area contributed by atoms with E-state index in [1.165, 1.54) is 0 Å². The molecule has 0 radical (unpaired) electrons. The second kappa shape index (κ2) is 2.23. The standard InChI is InChI=1S/C5H5NO2S/c7-2-3-4(9)1-5(8)6-3/h2-3H,1H2,(H,6,8)/t3-/m1/s1. The van der Waals surface area contributed by atoms with Crippen molar-refractivity contribution in [2.24, 2.45) is 0 Å². The Hall–Kier alpha value is -0.770. The average molecular weight is 143 g/mol. The van der Waals surface area contributed by atoms with E-state index in [1.54, 1.807) is 0 Å². The van der Waals surface area contributed by atoms with Crippen LogP contribution >= 0.6 is 12.2 Å². The Labute approximate surface area is 57.4 Å². The van der Waals surface area contributed by atoms with Gasteiger partial charge in [-0.1, -0.05) is 12.2 Å². The molecule has 1 amide bonds. The van der Waals surface area contributed by atoms with Crippen molar-refractivity contribution in [2.75, 3.05) is 0 Å². The first-order chi connectivity index (χ1) is 4.24. The molecule has 48 valence electrons. The van der Waals surface area contributed by atoms with E-state index in [-0.39, 0.29) is 12.3 Å². The van der Waals surface area contributed by atoms with E-state index in [0.717, 1.165) is 0 Å². The monoisotopic (exact) mass is 143 g/mol. The molecule has 1 atom stereocenters. The van der Waals surface area contributed by atoms with Gasteiger partial charge < -0.3 is 10.1 Å². The fraction of sp³-hybridized carbons (Fsp3) is 0.400. The molecule has 3 nitrogen and oxygen atoms in total. The summed E-state index contributed by atoms with van der Waals surface area (Å²) < 4.78 is 0. The minimum Gasteiger partial charge on any atom is -0.342 e. The molecule has 1 aliphatic heterocycles. The van der Waals surface area contributed by atoms with Gasteiger partial charge in [0.05, 0.1) is 6.42 Å². The molecule has 0 saturated carbocycles. The number of amides is 1. The Bertz CT molecular complexity index is 178. The maximum atomic E-state index is 10.5. The van der Waals surface area contributed by atoms with Crippen LogP contribution in [0.4, 0.5) is 0 Å². The van der Waals surface area contributed by atoms with Gasteiger partial charge in [0.2, 0.25) is 5.91 Å². The first-order valence-electron chi connectivity index (χ1n) is 2.51. The largest absolute Gasteiger partial charge is 0.342 e. The summed E-state index contributed by atoms with van der Waals surface area (Å²) in [5.41, 5.74) is 0. The van der Waals surface area contributed by atoms with E-state index in [2.05, 4.69) is 5.32 Å². The molecule has 1 heterocycles. The lowest BCUT2D eigenvalue weighted by Crippen LogP contribution is -2.29. The lowest BCUT2D eigenvalue weighted by Gasteiger charge is -1.95. The van der Waals surface area contributed by atoms with Crippen LogP contribution in [0.2, 0.25) is 0 Å². The predicted octanol–water partition coefficient (Wildman–Crippen LogP) is -0.556. The van der Waals surface area contributed by atoms with Gasteiger partial charge in [-0.3, -0.25) is 4.79 Å². The Balaban J connectivity index is 2.68. The summed E-state index contributed by atoms with van der Waals surface area (Å²) >= 11 is 4.70. The van der Waals surface area contributed by atoms with E-state index >= 15 is 0 Å². The van der Waals surface area contributed by atoms with Crippen LogP contribution in [0.3, 0.4) is 0 Å². The van der Waals surface area contributed by atoms with E-state index in [1.807, 2.05) is 0 Å². The van der Waals surface area contributed by atoms with Crippen LogP contribution in [0.1, 0.15) is 6.42 Å². The molecule has 0 bridgehead atoms. The van der Waals surface area contributed by atoms with Crippen molar-refractivity contribution in [1.29, 1.82) is 0 Å². The van der Waals surface area contributed by atoms with Gasteiger partial charge in [-0.2, -0.15) is 0 Å². The smallest absolute Gasteiger partial charge is 0.225 e. The quantitative estimate of drug-likeness (QED) is 0.395. The Kier molecular flexibility index (Phi) is 1.57. The molecule has 0 aromatic carbocycles. The molecule has 0 spiro atoms. The number of hydrogen-bond donors (Lipinski definition) is 1. The summed E-state index contributed by atoms with van der Waals surface area (Å²) in [6.07, 6.45) is 0.867. The molecule has 4 heteroatoms. The third kappa shape index (κ3) is 1.13. The first kappa shape index (κ1) is 6.35. The number of hydrogen-bond acceptors (Lipinski definition) is 3. The summed E-state index contributed by atoms with van der Waals surface area (Å²) in [6.45, 7) is 0. The second-order valence-electron chi connectivity index (χ2n) is 1.82. The SMILES string of the molecule is O=C[C@H]1NC(=O)CC1=S. The van der Waals surface area contributed by atoms with Crippen molar-refractivity contribution in [3.63, 3.8) is 0 Å². The van der Waals surface area contributed by atoms with Crippen LogP contribution in [-0.4, -0.2) is 23.1 Å². The minimum absolute atomic E-state index is 0.155. The molecular formula is C5H5NO2S. The highest BCUT2D eigenvalue weighted by Crippen LogP contribution is 2.01. The molecule has 1 fully saturated rings. The highest BCUT2D eigenvalue weighted by molar-refractivity contribution is 7.80. The number of rotatable bonds is 1. The molecule has 1 saturated heterocycles. The third-order valence-electron chi connectivity index (χ3n) is 1.13. The van der Waals surface area contributed by atoms with Gasteiger partial charge in [0.15, 0.2) is 0 Å². The van der Waals surface area contributed by atoms with Crippen molar-refractivity contribution < 1.29 is 9.59 Å². The van der Waals surface area contributed by atoms with Crippen LogP contribution in [0.15, 0.2) is 0 Å². The summed E-state index contributed by atoms with van der Waals surface area (Å²) in [4.78, 5) is 21.0. The Morgan fingerprint density at radius 1 is 1.78 bits per heavy atom. The van der Waals surface area contributed by atoms with Crippen LogP contribution in [0.5, 0.6) is 0 Å². The fourth-order valence-electron chi connectivity index (χ4n) is 0.683. The van der Waals surface area contributed by atoms with Gasteiger partial charge in [-0.25, -0.2) is 0 Å². The number of nitrogens with one attached hydrogen (secondary N) is 1. The zero-order chi connectivity index (χ0) is 6.85. The maximum Gasteiger partial charge on any atom is 0.225 e. The molecule has 0 aliphatic carbocycles. The fourth-order valence-corrected chi connectivity index (χ4v) is 0.929. The van der Waals surface area contributed by atoms with Crippen molar-refractivity contribution in [3.05, 3.63) is 0 Å². The highest BCUT2D eigenvalue weighted by Gasteiger charge is 2.25. The highest BCUT2D eigenvalue weighted by atomic mass is 32.1. The van der Waals surface area contributed by atoms with E-state index < -0.39 is 6.04 Å². The van der Waals surface area contributed by atoms with Gasteiger partial charge in [0.25, 0.3) is 0 Å². The van der Waals surface area contributed by atoms with Crippen molar-refractivity contribution in [2.45, 2.75) is 12.5 Å². The molecule has 0 unspecified atom stereocenters. The zero-order valence-corrected chi connectivity index (χ0v) is 5.40. The molecule has 1 aliphatic rings. The van der Waals surface area contributed by atoms with Crippen molar-refractivity contribution >= 4 is 29.3 Å². The van der Waals surface area contributed by atoms with Crippen LogP contribution < -0.4 is 5.32 Å². The predicted molar refractivity (Wildman–Crippen MR) is 35.2 cm³/mol. The molecular weight excluding hydrogens is 138 g/mol. The second-order valence-corrected chi connectivity index (χ2v) is 2.35. The normalized spacial score (nSPS) is 26.0. The number of thiocarbonyl (C=S) groups is 1. The molecule has 9 heavy (non-hydrogen) atoms. The Morgan fingerprint density at radius 3 is 2.67 bits per heavy atom. The number of carbonyl (C=O) groups is 2. The molecule has 0 aromatic rings. The van der Waals surface area contributed by atoms with Crippen molar-refractivity contribution in [3.8, 4) is 0 Å². The van der Waals surface area contributed by atoms with Gasteiger partial charge in [-0.05, 0) is 0 Å². The Morgan fingerprint density at radius 2 is 2.44 bits per heavy atom. The van der Waals surface area contributed by atoms with E-state index in [0.29, 0.717) is 11.2 Å². The van der Waals surface area contributed by atoms with Crippen LogP contribution in [0.25, 0.3) is 0 Å². The van der Waals surface area contributed by atoms with Crippen molar-refractivity contribution in [1.82, 2.24) is 5.32 Å². The molecule has 0 aromatic heterocycles. The van der Waals surface area contributed by atoms with Gasteiger partial charge >= 0.3 is 0 Å². The number of carbonyl (C=O) groups excluding carboxylic acids is 2. The third-order valence-corrected chi connectivity index (χ3v) is 1.53. The molecule has 1 rings (SSSR count). The van der Waals surface area contributed by atoms with Gasteiger partial charge in [0, 0.05) is 4.86 Å². The maximum absolute atomic E-state index is 10.5. The van der Waals surface area contributed by atoms with Gasteiger partial charge in [0.1, 0.15) is 12.3 Å². The lowest BCUT2D eigenvalue weighted by atomic mass is 10.2.